The van der Waals surface area contributed by atoms with Gasteiger partial charge in [0.2, 0.25) is 0 Å². The van der Waals surface area contributed by atoms with E-state index in [1.54, 1.807) is 12.1 Å². The molecule has 0 amide bonds. The molecule has 0 saturated carbocycles. The van der Waals surface area contributed by atoms with Gasteiger partial charge >= 0.3 is 18.1 Å². The molecule has 0 bridgehead atoms. The van der Waals surface area contributed by atoms with Gasteiger partial charge < -0.3 is 4.89 Å². The van der Waals surface area contributed by atoms with E-state index in [1.807, 2.05) is 6.92 Å². The molecule has 0 radical (unpaired) electrons. The summed E-state index contributed by atoms with van der Waals surface area (Å²) >= 11 is 0. The summed E-state index contributed by atoms with van der Waals surface area (Å²) in [5.41, 5.74) is 0.906. The topological polar surface area (TPSA) is 83.5 Å². The highest BCUT2D eigenvalue weighted by atomic mass is 32.2. The monoisotopic (exact) mass is 248 g/mol. The minimum Gasteiger partial charge on any atom is -0.594 e. The molecule has 0 heterocycles. The number of hydrogen-bond donors (Lipinski definition) is 0. The Morgan fingerprint density at radius 3 is 2.33 bits per heavy atom. The van der Waals surface area contributed by atoms with Crippen LogP contribution in [0.2, 0.25) is 0 Å². The number of hydrogen-bond acceptors (Lipinski definition) is 5. The van der Waals surface area contributed by atoms with Crippen molar-refractivity contribution in [1.29, 1.82) is 0 Å². The van der Waals surface area contributed by atoms with E-state index in [0.717, 1.165) is 5.56 Å². The van der Waals surface area contributed by atoms with Gasteiger partial charge in [0.1, 0.15) is 0 Å². The molecule has 0 saturated heterocycles. The first kappa shape index (κ1) is 12.3. The molecule has 5 nitrogen and oxygen atoms in total. The molecule has 0 aliphatic rings. The summed E-state index contributed by atoms with van der Waals surface area (Å²) < 4.78 is 37.2. The Hall–Kier alpha value is -0.810. The molecule has 0 aromatic heterocycles. The fraction of sp³-hybridized carbons (Fsp3) is 0.250. The molecule has 1 unspecified atom stereocenters. The van der Waals surface area contributed by atoms with Crippen molar-refractivity contribution in [2.45, 2.75) is 11.8 Å². The van der Waals surface area contributed by atoms with Gasteiger partial charge in [0.25, 0.3) is 6.35 Å². The summed E-state index contributed by atoms with van der Waals surface area (Å²) in [7, 11) is -6.82. The summed E-state index contributed by atoms with van der Waals surface area (Å²) in [5, 5.41) is 0. The minimum atomic E-state index is -3.96. The summed E-state index contributed by atoms with van der Waals surface area (Å²) in [6.07, 6.45) is -0.828. The lowest BCUT2D eigenvalue weighted by atomic mass is 10.2. The third kappa shape index (κ3) is 3.68. The van der Waals surface area contributed by atoms with Crippen LogP contribution in [0.1, 0.15) is 5.56 Å². The van der Waals surface area contributed by atoms with E-state index < -0.39 is 24.5 Å². The zero-order valence-electron chi connectivity index (χ0n) is 7.91. The fourth-order valence-electron chi connectivity index (χ4n) is 0.885. The molecule has 1 rings (SSSR count). The second-order valence-electron chi connectivity index (χ2n) is 2.85. The van der Waals surface area contributed by atoms with Crippen LogP contribution in [0.25, 0.3) is 0 Å². The van der Waals surface area contributed by atoms with Crippen LogP contribution < -0.4 is 4.89 Å². The normalized spacial score (nSPS) is 12.5. The molecule has 0 N–H and O–H groups in total. The molecular formula is C8H9O5PS. The first-order chi connectivity index (χ1) is 6.92. The summed E-state index contributed by atoms with van der Waals surface area (Å²) in [4.78, 5) is 10.1. The number of rotatable bonds is 4. The largest absolute Gasteiger partial charge is 0.594 e. The lowest BCUT2D eigenvalue weighted by Gasteiger charge is -2.01. The molecule has 82 valence electrons. The lowest BCUT2D eigenvalue weighted by Crippen LogP contribution is -2.07. The zero-order valence-corrected chi connectivity index (χ0v) is 9.62. The maximum Gasteiger partial charge on any atom is 0.339 e. The SMILES string of the molecule is Cc1ccc(S(=O)(=O)OC[P+](=O)[O-])cc1. The van der Waals surface area contributed by atoms with E-state index >= 15 is 0 Å². The maximum absolute atomic E-state index is 11.4. The van der Waals surface area contributed by atoms with Crippen molar-refractivity contribution < 1.29 is 22.1 Å². The van der Waals surface area contributed by atoms with Crippen LogP contribution in [0.5, 0.6) is 0 Å². The molecule has 7 heteroatoms. The Bertz CT molecular complexity index is 450. The quantitative estimate of drug-likeness (QED) is 0.580. The zero-order chi connectivity index (χ0) is 11.5. The van der Waals surface area contributed by atoms with Crippen LogP contribution in [-0.4, -0.2) is 14.8 Å². The fourth-order valence-corrected chi connectivity index (χ4v) is 2.39. The van der Waals surface area contributed by atoms with E-state index in [0.29, 0.717) is 0 Å². The Balaban J connectivity index is 2.87. The molecule has 1 aromatic rings. The molecule has 0 spiro atoms. The van der Waals surface area contributed by atoms with Gasteiger partial charge in [0.15, 0.2) is 0 Å². The highest BCUT2D eigenvalue weighted by molar-refractivity contribution is 7.87. The van der Waals surface area contributed by atoms with Gasteiger partial charge in [-0.3, -0.25) is 0 Å². The van der Waals surface area contributed by atoms with Crippen LogP contribution >= 0.6 is 8.03 Å². The van der Waals surface area contributed by atoms with Crippen LogP contribution in [-0.2, 0) is 18.9 Å². The van der Waals surface area contributed by atoms with Gasteiger partial charge in [0.05, 0.1) is 4.90 Å². The van der Waals surface area contributed by atoms with Crippen LogP contribution in [0.4, 0.5) is 0 Å². The number of aryl methyl sites for hydroxylation is 1. The van der Waals surface area contributed by atoms with E-state index in [-0.39, 0.29) is 4.90 Å². The van der Waals surface area contributed by atoms with Crippen molar-refractivity contribution in [2.24, 2.45) is 0 Å². The second kappa shape index (κ2) is 4.81. The highest BCUT2D eigenvalue weighted by Crippen LogP contribution is 2.16. The predicted molar refractivity (Wildman–Crippen MR) is 51.9 cm³/mol. The van der Waals surface area contributed by atoms with Gasteiger partial charge in [-0.2, -0.15) is 8.42 Å². The van der Waals surface area contributed by atoms with Crippen LogP contribution in [0.15, 0.2) is 29.2 Å². The molecular weight excluding hydrogens is 239 g/mol. The molecule has 15 heavy (non-hydrogen) atoms. The average molecular weight is 248 g/mol. The van der Waals surface area contributed by atoms with Crippen molar-refractivity contribution in [3.63, 3.8) is 0 Å². The Labute approximate surface area is 88.7 Å². The van der Waals surface area contributed by atoms with Crippen molar-refractivity contribution >= 4 is 18.1 Å². The lowest BCUT2D eigenvalue weighted by molar-refractivity contribution is -0.166. The molecule has 1 aromatic carbocycles. The minimum absolute atomic E-state index is 0.0510. The predicted octanol–water partition coefficient (Wildman–Crippen LogP) is 0.761. The first-order valence-corrected chi connectivity index (χ1v) is 6.77. The van der Waals surface area contributed by atoms with Gasteiger partial charge in [0, 0.05) is 0 Å². The van der Waals surface area contributed by atoms with Crippen molar-refractivity contribution in [2.75, 3.05) is 6.35 Å². The summed E-state index contributed by atoms with van der Waals surface area (Å²) in [6.45, 7) is 1.81. The van der Waals surface area contributed by atoms with Crippen molar-refractivity contribution in [3.8, 4) is 0 Å². The van der Waals surface area contributed by atoms with Gasteiger partial charge in [-0.15, -0.1) is 0 Å². The molecule has 1 atom stereocenters. The third-order valence-corrected chi connectivity index (χ3v) is 3.42. The van der Waals surface area contributed by atoms with Gasteiger partial charge in [-0.25, -0.2) is 4.18 Å². The molecule has 0 fully saturated rings. The van der Waals surface area contributed by atoms with E-state index in [9.17, 15) is 17.9 Å². The third-order valence-electron chi connectivity index (χ3n) is 1.62. The standard InChI is InChI=1S/C8H9O5PS/c1-7-2-4-8(5-3-7)15(11,12)13-6-14(9)10/h2-5H,6H2,1H3. The molecule has 0 aliphatic heterocycles. The Morgan fingerprint density at radius 2 is 1.87 bits per heavy atom. The number of benzene rings is 1. The molecule has 0 aliphatic carbocycles. The summed E-state index contributed by atoms with van der Waals surface area (Å²) in [6, 6.07) is 5.94. The van der Waals surface area contributed by atoms with Gasteiger partial charge in [-0.05, 0) is 19.1 Å². The van der Waals surface area contributed by atoms with Crippen LogP contribution in [0.3, 0.4) is 0 Å². The van der Waals surface area contributed by atoms with E-state index in [2.05, 4.69) is 4.18 Å². The van der Waals surface area contributed by atoms with Crippen LogP contribution in [0, 0.1) is 6.92 Å². The maximum atomic E-state index is 11.4. The van der Waals surface area contributed by atoms with E-state index in [4.69, 9.17) is 0 Å². The Morgan fingerprint density at radius 1 is 1.33 bits per heavy atom. The average Bonchev–Trinajstić information content (AvgIpc) is 2.16. The smallest absolute Gasteiger partial charge is 0.339 e. The Kier molecular flexibility index (Phi) is 3.93. The van der Waals surface area contributed by atoms with Crippen molar-refractivity contribution in [3.05, 3.63) is 29.8 Å². The first-order valence-electron chi connectivity index (χ1n) is 4.00. The highest BCUT2D eigenvalue weighted by Gasteiger charge is 2.17. The van der Waals surface area contributed by atoms with E-state index in [1.165, 1.54) is 12.1 Å². The van der Waals surface area contributed by atoms with Gasteiger partial charge in [-0.1, -0.05) is 22.3 Å². The van der Waals surface area contributed by atoms with Crippen molar-refractivity contribution in [1.82, 2.24) is 0 Å². The summed E-state index contributed by atoms with van der Waals surface area (Å²) in [5.74, 6) is 0. The second-order valence-corrected chi connectivity index (χ2v) is 5.39.